The minimum Gasteiger partial charge on any atom is -0.347 e. The van der Waals surface area contributed by atoms with Crippen LogP contribution < -0.4 is 5.32 Å². The zero-order chi connectivity index (χ0) is 23.8. The summed E-state index contributed by atoms with van der Waals surface area (Å²) in [5, 5.41) is 3.16. The predicted octanol–water partition coefficient (Wildman–Crippen LogP) is 3.82. The number of carbonyl (C=O) groups is 1. The van der Waals surface area contributed by atoms with Gasteiger partial charge in [-0.15, -0.1) is 0 Å². The number of likely N-dealkylation sites (tertiary alicyclic amines) is 1. The number of carbonyl (C=O) groups excluding carboxylic acids is 1. The van der Waals surface area contributed by atoms with Gasteiger partial charge in [0.25, 0.3) is 0 Å². The lowest BCUT2D eigenvalue weighted by molar-refractivity contribution is -0.125. The molecule has 0 bridgehead atoms. The molecule has 1 amide bonds. The van der Waals surface area contributed by atoms with Gasteiger partial charge in [0.05, 0.1) is 11.8 Å². The van der Waals surface area contributed by atoms with Crippen LogP contribution in [0.25, 0.3) is 0 Å². The molecule has 2 unspecified atom stereocenters. The van der Waals surface area contributed by atoms with E-state index in [1.54, 1.807) is 19.1 Å². The lowest BCUT2D eigenvalue weighted by atomic mass is 10.1. The molecule has 1 heterocycles. The van der Waals surface area contributed by atoms with E-state index in [-0.39, 0.29) is 23.6 Å². The number of hydrogen-bond donors (Lipinski definition) is 1. The number of nitrogens with one attached hydrogen (secondary N) is 1. The first-order valence-corrected chi connectivity index (χ1v) is 13.5. The van der Waals surface area contributed by atoms with Crippen LogP contribution in [0.15, 0.2) is 60.7 Å². The highest BCUT2D eigenvalue weighted by Gasteiger charge is 2.33. The first kappa shape index (κ1) is 25.4. The van der Waals surface area contributed by atoms with E-state index in [1.165, 1.54) is 17.1 Å². The molecular weight excluding hydrogens is 434 g/mol. The SMILES string of the molecule is CC(C)CN(C(C)C(=O)NC(CN1CCCC1)c1ccccc1)S(=O)(=O)Cc1ccccc1. The third-order valence-electron chi connectivity index (χ3n) is 6.06. The molecule has 0 saturated carbocycles. The van der Waals surface area contributed by atoms with Crippen LogP contribution in [0.5, 0.6) is 0 Å². The summed E-state index contributed by atoms with van der Waals surface area (Å²) in [5.74, 6) is -0.283. The molecule has 7 heteroatoms. The van der Waals surface area contributed by atoms with Crippen molar-refractivity contribution in [3.63, 3.8) is 0 Å². The quantitative estimate of drug-likeness (QED) is 0.541. The second-order valence-corrected chi connectivity index (χ2v) is 11.3. The second kappa shape index (κ2) is 11.8. The largest absolute Gasteiger partial charge is 0.347 e. The zero-order valence-electron chi connectivity index (χ0n) is 20.0. The molecule has 2 aromatic carbocycles. The molecule has 1 saturated heterocycles. The normalized spacial score (nSPS) is 16.8. The third kappa shape index (κ3) is 7.39. The van der Waals surface area contributed by atoms with Crippen LogP contribution in [0, 0.1) is 5.92 Å². The highest BCUT2D eigenvalue weighted by molar-refractivity contribution is 7.88. The summed E-state index contributed by atoms with van der Waals surface area (Å²) in [6.45, 7) is 8.71. The summed E-state index contributed by atoms with van der Waals surface area (Å²) in [7, 11) is -3.68. The van der Waals surface area contributed by atoms with Crippen molar-refractivity contribution in [1.29, 1.82) is 0 Å². The molecule has 0 spiro atoms. The average molecular weight is 472 g/mol. The first-order valence-electron chi connectivity index (χ1n) is 11.9. The summed E-state index contributed by atoms with van der Waals surface area (Å²) in [6, 6.07) is 18.1. The molecule has 2 aromatic rings. The predicted molar refractivity (Wildman–Crippen MR) is 133 cm³/mol. The maximum Gasteiger partial charge on any atom is 0.238 e. The van der Waals surface area contributed by atoms with Gasteiger partial charge in [0.2, 0.25) is 15.9 Å². The molecule has 2 atom stereocenters. The van der Waals surface area contributed by atoms with E-state index < -0.39 is 16.1 Å². The highest BCUT2D eigenvalue weighted by atomic mass is 32.2. The van der Waals surface area contributed by atoms with Gasteiger partial charge in [0, 0.05) is 13.1 Å². The average Bonchev–Trinajstić information content (AvgIpc) is 3.30. The van der Waals surface area contributed by atoms with E-state index in [1.807, 2.05) is 62.4 Å². The van der Waals surface area contributed by atoms with Gasteiger partial charge in [-0.25, -0.2) is 8.42 Å². The Balaban J connectivity index is 1.78. The van der Waals surface area contributed by atoms with E-state index in [0.717, 1.165) is 30.8 Å². The molecule has 33 heavy (non-hydrogen) atoms. The van der Waals surface area contributed by atoms with Crippen molar-refractivity contribution in [2.24, 2.45) is 5.92 Å². The number of hydrogen-bond acceptors (Lipinski definition) is 4. The van der Waals surface area contributed by atoms with Crippen molar-refractivity contribution < 1.29 is 13.2 Å². The Hall–Kier alpha value is -2.22. The zero-order valence-corrected chi connectivity index (χ0v) is 20.8. The van der Waals surface area contributed by atoms with Crippen molar-refractivity contribution >= 4 is 15.9 Å². The monoisotopic (exact) mass is 471 g/mol. The summed E-state index contributed by atoms with van der Waals surface area (Å²) in [4.78, 5) is 15.7. The van der Waals surface area contributed by atoms with Crippen LogP contribution in [0.3, 0.4) is 0 Å². The topological polar surface area (TPSA) is 69.7 Å². The number of benzene rings is 2. The summed E-state index contributed by atoms with van der Waals surface area (Å²) < 4.78 is 28.1. The molecule has 180 valence electrons. The van der Waals surface area contributed by atoms with Crippen molar-refractivity contribution in [3.05, 3.63) is 71.8 Å². The second-order valence-electron chi connectivity index (χ2n) is 9.36. The molecule has 1 aliphatic heterocycles. The Morgan fingerprint density at radius 2 is 1.55 bits per heavy atom. The molecular formula is C26H37N3O3S. The number of sulfonamides is 1. The van der Waals surface area contributed by atoms with Crippen molar-refractivity contribution in [2.75, 3.05) is 26.2 Å². The van der Waals surface area contributed by atoms with Gasteiger partial charge in [0.15, 0.2) is 0 Å². The Labute approximate surface area is 199 Å². The Kier molecular flexibility index (Phi) is 9.06. The van der Waals surface area contributed by atoms with E-state index in [9.17, 15) is 13.2 Å². The smallest absolute Gasteiger partial charge is 0.238 e. The van der Waals surface area contributed by atoms with Crippen LogP contribution in [0.2, 0.25) is 0 Å². The fourth-order valence-electron chi connectivity index (χ4n) is 4.31. The summed E-state index contributed by atoms with van der Waals surface area (Å²) in [6.07, 6.45) is 2.34. The van der Waals surface area contributed by atoms with Gasteiger partial charge < -0.3 is 10.2 Å². The molecule has 3 rings (SSSR count). The van der Waals surface area contributed by atoms with Crippen molar-refractivity contribution in [2.45, 2.75) is 51.4 Å². The van der Waals surface area contributed by atoms with Gasteiger partial charge in [-0.05, 0) is 49.9 Å². The standard InChI is InChI=1S/C26H37N3O3S/c1-21(2)18-29(33(31,32)20-23-12-6-4-7-13-23)22(3)26(30)27-25(19-28-16-10-11-17-28)24-14-8-5-9-15-24/h4-9,12-15,21-22,25H,10-11,16-20H2,1-3H3,(H,27,30). The minimum atomic E-state index is -3.68. The first-order chi connectivity index (χ1) is 15.8. The van der Waals surface area contributed by atoms with Crippen LogP contribution in [0.4, 0.5) is 0 Å². The fourth-order valence-corrected chi connectivity index (χ4v) is 6.19. The summed E-state index contributed by atoms with van der Waals surface area (Å²) in [5.41, 5.74) is 1.75. The summed E-state index contributed by atoms with van der Waals surface area (Å²) >= 11 is 0. The third-order valence-corrected chi connectivity index (χ3v) is 7.94. The van der Waals surface area contributed by atoms with Crippen molar-refractivity contribution in [3.8, 4) is 0 Å². The molecule has 0 radical (unpaired) electrons. The van der Waals surface area contributed by atoms with E-state index in [2.05, 4.69) is 10.2 Å². The van der Waals surface area contributed by atoms with Gasteiger partial charge in [-0.1, -0.05) is 74.5 Å². The van der Waals surface area contributed by atoms with Crippen molar-refractivity contribution in [1.82, 2.24) is 14.5 Å². The van der Waals surface area contributed by atoms with Crippen LogP contribution in [-0.4, -0.2) is 55.8 Å². The van der Waals surface area contributed by atoms with Gasteiger partial charge in [0.1, 0.15) is 6.04 Å². The lowest BCUT2D eigenvalue weighted by Crippen LogP contribution is -2.51. The molecule has 1 N–H and O–H groups in total. The van der Waals surface area contributed by atoms with Gasteiger partial charge in [-0.3, -0.25) is 4.79 Å². The van der Waals surface area contributed by atoms with E-state index in [0.29, 0.717) is 6.54 Å². The van der Waals surface area contributed by atoms with Crippen LogP contribution in [-0.2, 0) is 20.6 Å². The Bertz CT molecular complexity index is 974. The lowest BCUT2D eigenvalue weighted by Gasteiger charge is -2.31. The van der Waals surface area contributed by atoms with E-state index >= 15 is 0 Å². The molecule has 1 fully saturated rings. The van der Waals surface area contributed by atoms with Crippen LogP contribution in [0.1, 0.15) is 50.8 Å². The Morgan fingerprint density at radius 1 is 0.970 bits per heavy atom. The fraction of sp³-hybridized carbons (Fsp3) is 0.500. The number of nitrogens with zero attached hydrogens (tertiary/aromatic N) is 2. The molecule has 0 aromatic heterocycles. The number of rotatable bonds is 11. The number of amides is 1. The highest BCUT2D eigenvalue weighted by Crippen LogP contribution is 2.20. The van der Waals surface area contributed by atoms with Gasteiger partial charge >= 0.3 is 0 Å². The maximum absolute atomic E-state index is 13.4. The Morgan fingerprint density at radius 3 is 2.12 bits per heavy atom. The minimum absolute atomic E-state index is 0.0975. The molecule has 1 aliphatic rings. The van der Waals surface area contributed by atoms with Crippen LogP contribution >= 0.6 is 0 Å². The molecule has 0 aliphatic carbocycles. The molecule has 6 nitrogen and oxygen atoms in total. The van der Waals surface area contributed by atoms with Gasteiger partial charge in [-0.2, -0.15) is 4.31 Å². The maximum atomic E-state index is 13.4. The van der Waals surface area contributed by atoms with E-state index in [4.69, 9.17) is 0 Å².